The van der Waals surface area contributed by atoms with E-state index in [0.717, 1.165) is 0 Å². The fraction of sp³-hybridized carbons (Fsp3) is 0.292. The molecule has 2 N–H and O–H groups in total. The molecule has 2 aliphatic rings. The second-order valence-electron chi connectivity index (χ2n) is 8.20. The third-order valence-electron chi connectivity index (χ3n) is 6.64. The zero-order chi connectivity index (χ0) is 22.4. The Kier molecular flexibility index (Phi) is 4.94. The molecule has 0 saturated carbocycles. The van der Waals surface area contributed by atoms with E-state index in [1.165, 1.54) is 25.1 Å². The van der Waals surface area contributed by atoms with Gasteiger partial charge in [-0.25, -0.2) is 4.79 Å². The van der Waals surface area contributed by atoms with Crippen LogP contribution < -0.4 is 5.90 Å². The molecule has 0 heterocycles. The van der Waals surface area contributed by atoms with Crippen LogP contribution in [0.25, 0.3) is 0 Å². The van der Waals surface area contributed by atoms with Gasteiger partial charge in [0, 0.05) is 28.7 Å². The van der Waals surface area contributed by atoms with Gasteiger partial charge in [0.15, 0.2) is 23.1 Å². The van der Waals surface area contributed by atoms with Crippen molar-refractivity contribution >= 4 is 29.1 Å². The molecule has 1 atom stereocenters. The van der Waals surface area contributed by atoms with Gasteiger partial charge in [-0.1, -0.05) is 61.9 Å². The van der Waals surface area contributed by atoms with E-state index >= 15 is 0 Å². The summed E-state index contributed by atoms with van der Waals surface area (Å²) in [5, 5.41) is 0. The molecule has 7 nitrogen and oxygen atoms in total. The summed E-state index contributed by atoms with van der Waals surface area (Å²) in [5.41, 5.74) is -3.85. The normalized spacial score (nSPS) is 22.8. The maximum absolute atomic E-state index is 14.0. The smallest absolute Gasteiger partial charge is 0.347 e. The monoisotopic (exact) mass is 419 g/mol. The number of rotatable bonds is 2. The molecule has 0 amide bonds. The first-order valence-corrected chi connectivity index (χ1v) is 10.1. The van der Waals surface area contributed by atoms with Crippen LogP contribution in [0.5, 0.6) is 0 Å². The molecular weight excluding hydrogens is 398 g/mol. The molecule has 2 aromatic carbocycles. The Morgan fingerprint density at radius 1 is 0.806 bits per heavy atom. The number of carbonyl (C=O) groups excluding carboxylic acids is 5. The zero-order valence-electron chi connectivity index (χ0n) is 17.0. The molecule has 0 aromatic heterocycles. The Labute approximate surface area is 178 Å². The zero-order valence-corrected chi connectivity index (χ0v) is 17.0. The van der Waals surface area contributed by atoms with Gasteiger partial charge < -0.3 is 4.84 Å². The van der Waals surface area contributed by atoms with Crippen LogP contribution in [0.3, 0.4) is 0 Å². The number of benzene rings is 2. The lowest BCUT2D eigenvalue weighted by Gasteiger charge is -2.40. The fourth-order valence-corrected chi connectivity index (χ4v) is 4.98. The lowest BCUT2D eigenvalue weighted by atomic mass is 9.56. The molecule has 4 rings (SSSR count). The van der Waals surface area contributed by atoms with Crippen LogP contribution in [-0.2, 0) is 9.63 Å². The molecular formula is C24H21NO6. The van der Waals surface area contributed by atoms with Crippen LogP contribution in [0.1, 0.15) is 74.0 Å². The van der Waals surface area contributed by atoms with E-state index in [-0.39, 0.29) is 40.9 Å². The molecule has 0 saturated heterocycles. The van der Waals surface area contributed by atoms with Crippen molar-refractivity contribution in [1.29, 1.82) is 0 Å². The minimum absolute atomic E-state index is 0.0357. The molecule has 31 heavy (non-hydrogen) atoms. The van der Waals surface area contributed by atoms with Crippen molar-refractivity contribution in [2.24, 2.45) is 16.7 Å². The molecule has 0 unspecified atom stereocenters. The average Bonchev–Trinajstić information content (AvgIpc) is 3.04. The topological polar surface area (TPSA) is 121 Å². The maximum Gasteiger partial charge on any atom is 0.347 e. The second kappa shape index (κ2) is 7.35. The van der Waals surface area contributed by atoms with E-state index in [1.807, 2.05) is 0 Å². The maximum atomic E-state index is 14.0. The van der Waals surface area contributed by atoms with E-state index in [9.17, 15) is 24.0 Å². The molecule has 158 valence electrons. The minimum atomic E-state index is -2.46. The van der Waals surface area contributed by atoms with Gasteiger partial charge in [0.2, 0.25) is 5.41 Å². The van der Waals surface area contributed by atoms with Gasteiger partial charge in [0.1, 0.15) is 0 Å². The van der Waals surface area contributed by atoms with Gasteiger partial charge in [0.05, 0.1) is 5.41 Å². The molecule has 0 fully saturated rings. The van der Waals surface area contributed by atoms with Crippen LogP contribution in [0, 0.1) is 10.8 Å². The third kappa shape index (κ3) is 2.66. The Morgan fingerprint density at radius 3 is 1.81 bits per heavy atom. The van der Waals surface area contributed by atoms with E-state index in [4.69, 9.17) is 5.90 Å². The predicted molar refractivity (Wildman–Crippen MR) is 109 cm³/mol. The number of Topliss-reactive ketones (excluding diaryl/α,β-unsaturated/α-hetero) is 4. The van der Waals surface area contributed by atoms with Gasteiger partial charge >= 0.3 is 5.97 Å². The summed E-state index contributed by atoms with van der Waals surface area (Å²) < 4.78 is 0. The Bertz CT molecular complexity index is 1120. The standard InChI is InChI=1S/C24H21NO6/c1-23(13-7-6-12-18(26)14-8-2-3-9-15(14)19(23)27)24(22(30)31-25)20(28)16-10-4-5-11-17(16)21(24)29/h2-5,8-11H,6-7,12-13,25H2,1H3/t23-/m1/s1. The van der Waals surface area contributed by atoms with E-state index in [0.29, 0.717) is 12.8 Å². The molecule has 2 aromatic rings. The van der Waals surface area contributed by atoms with Crippen molar-refractivity contribution in [3.8, 4) is 0 Å². The first-order chi connectivity index (χ1) is 14.8. The van der Waals surface area contributed by atoms with E-state index in [1.54, 1.807) is 30.3 Å². The first kappa shape index (κ1) is 20.8. The molecule has 0 spiro atoms. The second-order valence-corrected chi connectivity index (χ2v) is 8.20. The number of hydrogen-bond donors (Lipinski definition) is 1. The highest BCUT2D eigenvalue weighted by Crippen LogP contribution is 2.54. The van der Waals surface area contributed by atoms with Gasteiger partial charge in [-0.2, -0.15) is 5.90 Å². The van der Waals surface area contributed by atoms with Crippen LogP contribution in [-0.4, -0.2) is 29.1 Å². The summed E-state index contributed by atoms with van der Waals surface area (Å²) >= 11 is 0. The van der Waals surface area contributed by atoms with Gasteiger partial charge in [-0.15, -0.1) is 0 Å². The summed E-state index contributed by atoms with van der Waals surface area (Å²) in [5.74, 6) is 1.51. The van der Waals surface area contributed by atoms with Crippen molar-refractivity contribution in [3.05, 3.63) is 70.8 Å². The van der Waals surface area contributed by atoms with Crippen LogP contribution >= 0.6 is 0 Å². The number of ketones is 4. The summed E-state index contributed by atoms with van der Waals surface area (Å²) in [6, 6.07) is 12.3. The number of nitrogens with two attached hydrogens (primary N) is 1. The molecule has 2 aliphatic carbocycles. The Balaban J connectivity index is 2.02. The third-order valence-corrected chi connectivity index (χ3v) is 6.64. The number of fused-ring (bicyclic) bond motifs is 2. The van der Waals surface area contributed by atoms with Crippen molar-refractivity contribution in [1.82, 2.24) is 0 Å². The minimum Gasteiger partial charge on any atom is -0.372 e. The van der Waals surface area contributed by atoms with E-state index in [2.05, 4.69) is 4.84 Å². The van der Waals surface area contributed by atoms with Crippen LogP contribution in [0.2, 0.25) is 0 Å². The van der Waals surface area contributed by atoms with E-state index < -0.39 is 34.1 Å². The summed E-state index contributed by atoms with van der Waals surface area (Å²) in [7, 11) is 0. The summed E-state index contributed by atoms with van der Waals surface area (Å²) in [6.45, 7) is 1.43. The highest BCUT2D eigenvalue weighted by molar-refractivity contribution is 6.41. The van der Waals surface area contributed by atoms with Crippen molar-refractivity contribution in [2.45, 2.75) is 32.6 Å². The van der Waals surface area contributed by atoms with Crippen LogP contribution in [0.4, 0.5) is 0 Å². The van der Waals surface area contributed by atoms with Gasteiger partial charge in [0.25, 0.3) is 0 Å². The van der Waals surface area contributed by atoms with Crippen molar-refractivity contribution in [2.75, 3.05) is 0 Å². The average molecular weight is 419 g/mol. The first-order valence-electron chi connectivity index (χ1n) is 10.1. The lowest BCUT2D eigenvalue weighted by Crippen LogP contribution is -2.58. The van der Waals surface area contributed by atoms with Gasteiger partial charge in [-0.05, 0) is 12.8 Å². The summed E-state index contributed by atoms with van der Waals surface area (Å²) in [4.78, 5) is 71.5. The SMILES string of the molecule is C[C@@]1(C2(C(=O)ON)C(=O)c3ccccc3C2=O)CCCCC(=O)c2ccccc2C1=O. The molecule has 0 bridgehead atoms. The van der Waals surface area contributed by atoms with Crippen LogP contribution in [0.15, 0.2) is 48.5 Å². The Hall–Kier alpha value is -3.45. The number of carbonyl (C=O) groups is 5. The molecule has 7 heteroatoms. The predicted octanol–water partition coefficient (Wildman–Crippen LogP) is 3.11. The lowest BCUT2D eigenvalue weighted by molar-refractivity contribution is -0.155. The largest absolute Gasteiger partial charge is 0.372 e. The Morgan fingerprint density at radius 2 is 1.29 bits per heavy atom. The highest BCUT2D eigenvalue weighted by Gasteiger charge is 2.71. The molecule has 0 radical (unpaired) electrons. The van der Waals surface area contributed by atoms with Gasteiger partial charge in [-0.3, -0.25) is 19.2 Å². The highest BCUT2D eigenvalue weighted by atomic mass is 16.7. The number of hydrogen-bond acceptors (Lipinski definition) is 7. The molecule has 0 aliphatic heterocycles. The summed E-state index contributed by atoms with van der Waals surface area (Å²) in [6.07, 6.45) is 1.06. The van der Waals surface area contributed by atoms with Crippen molar-refractivity contribution < 1.29 is 28.8 Å². The fourth-order valence-electron chi connectivity index (χ4n) is 4.98. The van der Waals surface area contributed by atoms with Crippen molar-refractivity contribution in [3.63, 3.8) is 0 Å². The quantitative estimate of drug-likeness (QED) is 0.586.